The first-order valence-corrected chi connectivity index (χ1v) is 7.19. The average Bonchev–Trinajstić information content (AvgIpc) is 2.47. The van der Waals surface area contributed by atoms with E-state index in [1.807, 2.05) is 0 Å². The fraction of sp³-hybridized carbons (Fsp3) is 0.533. The molecule has 0 aliphatic carbocycles. The minimum Gasteiger partial charge on any atom is -0.391 e. The summed E-state index contributed by atoms with van der Waals surface area (Å²) in [5.41, 5.74) is 0.142. The van der Waals surface area contributed by atoms with Crippen molar-refractivity contribution in [3.05, 3.63) is 35.4 Å². The van der Waals surface area contributed by atoms with Gasteiger partial charge in [-0.1, -0.05) is 6.92 Å². The van der Waals surface area contributed by atoms with Crippen LogP contribution in [-0.4, -0.2) is 35.2 Å². The van der Waals surface area contributed by atoms with Gasteiger partial charge in [-0.25, -0.2) is 13.6 Å². The Balaban J connectivity index is 2.08. The van der Waals surface area contributed by atoms with Gasteiger partial charge in [-0.2, -0.15) is 0 Å². The number of amides is 2. The maximum Gasteiger partial charge on any atom is 0.317 e. The van der Waals surface area contributed by atoms with Crippen LogP contribution in [0.15, 0.2) is 18.2 Å². The number of urea groups is 1. The lowest BCUT2D eigenvalue weighted by Crippen LogP contribution is -2.48. The molecule has 1 aromatic carbocycles. The van der Waals surface area contributed by atoms with Gasteiger partial charge in [0.05, 0.1) is 12.1 Å². The van der Waals surface area contributed by atoms with Crippen LogP contribution >= 0.6 is 0 Å². The zero-order chi connectivity index (χ0) is 15.4. The highest BCUT2D eigenvalue weighted by Crippen LogP contribution is 2.22. The predicted molar refractivity (Wildman–Crippen MR) is 74.7 cm³/mol. The number of β-amino-alcohol motifs (C(OH)–C–C–N with tert-alkyl or cyclic N) is 1. The zero-order valence-corrected chi connectivity index (χ0v) is 12.0. The summed E-state index contributed by atoms with van der Waals surface area (Å²) in [6.07, 6.45) is 1.34. The first-order valence-electron chi connectivity index (χ1n) is 7.19. The molecule has 0 spiro atoms. The Morgan fingerprint density at radius 1 is 1.52 bits per heavy atom. The van der Waals surface area contributed by atoms with Gasteiger partial charge in [-0.3, -0.25) is 0 Å². The number of halogens is 2. The second-order valence-electron chi connectivity index (χ2n) is 5.32. The van der Waals surface area contributed by atoms with Crippen LogP contribution in [0.4, 0.5) is 13.6 Å². The smallest absolute Gasteiger partial charge is 0.317 e. The second kappa shape index (κ2) is 6.85. The minimum atomic E-state index is -0.590. The van der Waals surface area contributed by atoms with Gasteiger partial charge in [0, 0.05) is 18.7 Å². The Labute approximate surface area is 122 Å². The third-order valence-electron chi connectivity index (χ3n) is 3.72. The summed E-state index contributed by atoms with van der Waals surface area (Å²) in [5.74, 6) is -1.07. The summed E-state index contributed by atoms with van der Waals surface area (Å²) < 4.78 is 27.1. The standard InChI is InChI=1S/C15H20F2N2O2/c1-2-14(12-8-10(16)5-6-13(12)17)18-15(21)19-7-3-4-11(20)9-19/h5-6,8,11,14,20H,2-4,7,9H2,1H3,(H,18,21). The van der Waals surface area contributed by atoms with E-state index in [0.717, 1.165) is 24.6 Å². The molecule has 1 saturated heterocycles. The Hall–Kier alpha value is -1.69. The van der Waals surface area contributed by atoms with E-state index in [2.05, 4.69) is 5.32 Å². The lowest BCUT2D eigenvalue weighted by molar-refractivity contribution is 0.0832. The van der Waals surface area contributed by atoms with E-state index in [9.17, 15) is 18.7 Å². The SMILES string of the molecule is CCC(NC(=O)N1CCCC(O)C1)c1cc(F)ccc1F. The van der Waals surface area contributed by atoms with Gasteiger partial charge in [0.1, 0.15) is 11.6 Å². The number of hydrogen-bond acceptors (Lipinski definition) is 2. The number of aliphatic hydroxyl groups is 1. The molecule has 2 amide bonds. The van der Waals surface area contributed by atoms with Crippen LogP contribution in [0.1, 0.15) is 37.8 Å². The van der Waals surface area contributed by atoms with E-state index in [4.69, 9.17) is 0 Å². The highest BCUT2D eigenvalue weighted by atomic mass is 19.1. The third kappa shape index (κ3) is 3.91. The number of carbonyl (C=O) groups excluding carboxylic acids is 1. The summed E-state index contributed by atoms with van der Waals surface area (Å²) in [7, 11) is 0. The van der Waals surface area contributed by atoms with Gasteiger partial charge in [-0.05, 0) is 37.5 Å². The molecular formula is C15H20F2N2O2. The van der Waals surface area contributed by atoms with E-state index in [-0.39, 0.29) is 18.1 Å². The maximum absolute atomic E-state index is 13.8. The summed E-state index contributed by atoms with van der Waals surface area (Å²) >= 11 is 0. The zero-order valence-electron chi connectivity index (χ0n) is 12.0. The number of hydrogen-bond donors (Lipinski definition) is 2. The normalized spacial score (nSPS) is 20.2. The number of carbonyl (C=O) groups is 1. The molecule has 0 bridgehead atoms. The number of piperidine rings is 1. The molecule has 116 valence electrons. The number of benzene rings is 1. The largest absolute Gasteiger partial charge is 0.391 e. The fourth-order valence-electron chi connectivity index (χ4n) is 2.56. The molecule has 2 atom stereocenters. The molecule has 6 heteroatoms. The molecule has 1 aliphatic rings. The van der Waals surface area contributed by atoms with Gasteiger partial charge in [0.25, 0.3) is 0 Å². The fourth-order valence-corrected chi connectivity index (χ4v) is 2.56. The highest BCUT2D eigenvalue weighted by Gasteiger charge is 2.25. The van der Waals surface area contributed by atoms with Gasteiger partial charge < -0.3 is 15.3 Å². The van der Waals surface area contributed by atoms with Crippen LogP contribution in [0.3, 0.4) is 0 Å². The molecule has 1 fully saturated rings. The molecule has 4 nitrogen and oxygen atoms in total. The van der Waals surface area contributed by atoms with Crippen LogP contribution in [0.25, 0.3) is 0 Å². The van der Waals surface area contributed by atoms with Crippen molar-refractivity contribution >= 4 is 6.03 Å². The lowest BCUT2D eigenvalue weighted by atomic mass is 10.0. The lowest BCUT2D eigenvalue weighted by Gasteiger charge is -2.31. The number of aliphatic hydroxyl groups excluding tert-OH is 1. The molecule has 0 radical (unpaired) electrons. The third-order valence-corrected chi connectivity index (χ3v) is 3.72. The monoisotopic (exact) mass is 298 g/mol. The van der Waals surface area contributed by atoms with Gasteiger partial charge in [-0.15, -0.1) is 0 Å². The highest BCUT2D eigenvalue weighted by molar-refractivity contribution is 5.74. The van der Waals surface area contributed by atoms with Crippen LogP contribution in [-0.2, 0) is 0 Å². The van der Waals surface area contributed by atoms with Crippen LogP contribution in [0.5, 0.6) is 0 Å². The van der Waals surface area contributed by atoms with E-state index in [1.165, 1.54) is 4.90 Å². The molecule has 1 aliphatic heterocycles. The van der Waals surface area contributed by atoms with E-state index in [0.29, 0.717) is 19.4 Å². The predicted octanol–water partition coefficient (Wildman–Crippen LogP) is 2.58. The van der Waals surface area contributed by atoms with Crippen molar-refractivity contribution in [3.8, 4) is 0 Å². The summed E-state index contributed by atoms with van der Waals surface area (Å²) in [5, 5.41) is 12.3. The summed E-state index contributed by atoms with van der Waals surface area (Å²) in [6, 6.07) is 2.27. The average molecular weight is 298 g/mol. The van der Waals surface area contributed by atoms with Gasteiger partial charge in [0.2, 0.25) is 0 Å². The van der Waals surface area contributed by atoms with Crippen molar-refractivity contribution in [1.29, 1.82) is 0 Å². The minimum absolute atomic E-state index is 0.142. The number of likely N-dealkylation sites (tertiary alicyclic amines) is 1. The van der Waals surface area contributed by atoms with Crippen molar-refractivity contribution in [2.75, 3.05) is 13.1 Å². The maximum atomic E-state index is 13.8. The first kappa shape index (κ1) is 15.7. The van der Waals surface area contributed by atoms with Crippen molar-refractivity contribution in [1.82, 2.24) is 10.2 Å². The van der Waals surface area contributed by atoms with Crippen molar-refractivity contribution in [2.24, 2.45) is 0 Å². The van der Waals surface area contributed by atoms with Crippen molar-refractivity contribution in [3.63, 3.8) is 0 Å². The van der Waals surface area contributed by atoms with E-state index >= 15 is 0 Å². The summed E-state index contributed by atoms with van der Waals surface area (Å²) in [4.78, 5) is 13.7. The Bertz CT molecular complexity index is 510. The first-order chi connectivity index (χ1) is 10.0. The number of nitrogens with zero attached hydrogens (tertiary/aromatic N) is 1. The van der Waals surface area contributed by atoms with Crippen LogP contribution < -0.4 is 5.32 Å². The van der Waals surface area contributed by atoms with E-state index < -0.39 is 23.8 Å². The number of nitrogens with one attached hydrogen (secondary N) is 1. The molecule has 1 aromatic rings. The molecule has 1 heterocycles. The van der Waals surface area contributed by atoms with Crippen LogP contribution in [0.2, 0.25) is 0 Å². The molecule has 21 heavy (non-hydrogen) atoms. The Kier molecular flexibility index (Phi) is 5.12. The second-order valence-corrected chi connectivity index (χ2v) is 5.32. The van der Waals surface area contributed by atoms with Crippen molar-refractivity contribution in [2.45, 2.75) is 38.3 Å². The Morgan fingerprint density at radius 3 is 2.95 bits per heavy atom. The van der Waals surface area contributed by atoms with Gasteiger partial charge in [0.15, 0.2) is 0 Å². The van der Waals surface area contributed by atoms with E-state index in [1.54, 1.807) is 6.92 Å². The Morgan fingerprint density at radius 2 is 2.29 bits per heavy atom. The molecule has 0 saturated carbocycles. The van der Waals surface area contributed by atoms with Crippen LogP contribution in [0, 0.1) is 11.6 Å². The molecule has 2 rings (SSSR count). The molecule has 2 unspecified atom stereocenters. The van der Waals surface area contributed by atoms with Gasteiger partial charge >= 0.3 is 6.03 Å². The van der Waals surface area contributed by atoms with Crippen molar-refractivity contribution < 1.29 is 18.7 Å². The quantitative estimate of drug-likeness (QED) is 0.901. The molecule has 0 aromatic heterocycles. The summed E-state index contributed by atoms with van der Waals surface area (Å²) in [6.45, 7) is 2.62. The molecule has 2 N–H and O–H groups in total. The topological polar surface area (TPSA) is 52.6 Å². The number of rotatable bonds is 3. The molecular weight excluding hydrogens is 278 g/mol.